The van der Waals surface area contributed by atoms with Crippen LogP contribution in [-0.4, -0.2) is 34.8 Å². The van der Waals surface area contributed by atoms with Crippen molar-refractivity contribution in [2.24, 2.45) is 5.92 Å². The van der Waals surface area contributed by atoms with Gasteiger partial charge in [-0.1, -0.05) is 30.3 Å². The van der Waals surface area contributed by atoms with E-state index in [-0.39, 0.29) is 23.5 Å². The number of rotatable bonds is 7. The summed E-state index contributed by atoms with van der Waals surface area (Å²) in [6.45, 7) is 1.46. The van der Waals surface area contributed by atoms with E-state index in [4.69, 9.17) is 4.74 Å². The van der Waals surface area contributed by atoms with Crippen molar-refractivity contribution in [3.63, 3.8) is 0 Å². The molecule has 1 saturated heterocycles. The number of carbonyl (C=O) groups excluding carboxylic acids is 2. The molecular formula is C27H26FN3O3. The molecule has 4 rings (SSSR count). The van der Waals surface area contributed by atoms with Gasteiger partial charge in [-0.05, 0) is 60.4 Å². The van der Waals surface area contributed by atoms with Crippen LogP contribution in [0.25, 0.3) is 6.08 Å². The van der Waals surface area contributed by atoms with Gasteiger partial charge in [-0.15, -0.1) is 0 Å². The van der Waals surface area contributed by atoms with Gasteiger partial charge in [0.25, 0.3) is 0 Å². The Bertz CT molecular complexity index is 1140. The zero-order chi connectivity index (χ0) is 23.8. The third kappa shape index (κ3) is 6.51. The molecule has 1 fully saturated rings. The van der Waals surface area contributed by atoms with Gasteiger partial charge in [0, 0.05) is 43.9 Å². The molecular weight excluding hydrogens is 433 g/mol. The summed E-state index contributed by atoms with van der Waals surface area (Å²) in [4.78, 5) is 31.0. The molecule has 1 aromatic heterocycles. The lowest BCUT2D eigenvalue weighted by molar-refractivity contribution is -0.132. The molecule has 2 heterocycles. The highest BCUT2D eigenvalue weighted by atomic mass is 19.1. The van der Waals surface area contributed by atoms with Crippen LogP contribution < -0.4 is 10.1 Å². The third-order valence-corrected chi connectivity index (χ3v) is 5.70. The number of amides is 2. The number of nitrogens with zero attached hydrogens (tertiary/aromatic N) is 2. The number of piperidine rings is 1. The Hall–Kier alpha value is -4.00. The van der Waals surface area contributed by atoms with Gasteiger partial charge in [0.15, 0.2) is 0 Å². The van der Waals surface area contributed by atoms with Crippen LogP contribution >= 0.6 is 0 Å². The van der Waals surface area contributed by atoms with E-state index in [9.17, 15) is 14.0 Å². The molecule has 0 atom stereocenters. The first kappa shape index (κ1) is 23.2. The van der Waals surface area contributed by atoms with Crippen LogP contribution in [-0.2, 0) is 16.1 Å². The smallest absolute Gasteiger partial charge is 0.246 e. The molecule has 1 N–H and O–H groups in total. The summed E-state index contributed by atoms with van der Waals surface area (Å²) in [7, 11) is 0. The SMILES string of the molecule is O=C(NCc1ccnc(Oc2ccc(F)cc2)c1)C1CCN(C(=O)/C=C/c2ccccc2)CC1. The normalized spacial score (nSPS) is 14.2. The Balaban J connectivity index is 1.23. The first-order chi connectivity index (χ1) is 16.6. The Morgan fingerprint density at radius 3 is 2.53 bits per heavy atom. The number of hydrogen-bond acceptors (Lipinski definition) is 4. The average Bonchev–Trinajstić information content (AvgIpc) is 2.88. The van der Waals surface area contributed by atoms with E-state index in [0.29, 0.717) is 44.1 Å². The summed E-state index contributed by atoms with van der Waals surface area (Å²) in [5.41, 5.74) is 1.83. The van der Waals surface area contributed by atoms with Gasteiger partial charge >= 0.3 is 0 Å². The fraction of sp³-hybridized carbons (Fsp3) is 0.222. The topological polar surface area (TPSA) is 71.5 Å². The maximum Gasteiger partial charge on any atom is 0.246 e. The highest BCUT2D eigenvalue weighted by Crippen LogP contribution is 2.21. The lowest BCUT2D eigenvalue weighted by atomic mass is 9.95. The molecule has 0 saturated carbocycles. The maximum absolute atomic E-state index is 13.0. The molecule has 174 valence electrons. The number of benzene rings is 2. The number of likely N-dealkylation sites (tertiary alicyclic amines) is 1. The molecule has 7 heteroatoms. The highest BCUT2D eigenvalue weighted by Gasteiger charge is 2.26. The second kappa shape index (κ2) is 11.2. The predicted octanol–water partition coefficient (Wildman–Crippen LogP) is 4.58. The molecule has 0 bridgehead atoms. The lowest BCUT2D eigenvalue weighted by Gasteiger charge is -2.30. The van der Waals surface area contributed by atoms with E-state index < -0.39 is 0 Å². The Kier molecular flexibility index (Phi) is 7.65. The summed E-state index contributed by atoms with van der Waals surface area (Å²) >= 11 is 0. The molecule has 3 aromatic rings. The van der Waals surface area contributed by atoms with Gasteiger partial charge in [-0.3, -0.25) is 9.59 Å². The average molecular weight is 460 g/mol. The van der Waals surface area contributed by atoms with Gasteiger partial charge in [0.05, 0.1) is 0 Å². The van der Waals surface area contributed by atoms with Gasteiger partial charge in [-0.2, -0.15) is 0 Å². The number of nitrogens with one attached hydrogen (secondary N) is 1. The van der Waals surface area contributed by atoms with Crippen molar-refractivity contribution in [2.75, 3.05) is 13.1 Å². The first-order valence-corrected chi connectivity index (χ1v) is 11.2. The molecule has 6 nitrogen and oxygen atoms in total. The molecule has 0 aliphatic carbocycles. The molecule has 2 aromatic carbocycles. The van der Waals surface area contributed by atoms with Crippen LogP contribution in [0.5, 0.6) is 11.6 Å². The summed E-state index contributed by atoms with van der Waals surface area (Å²) in [6.07, 6.45) is 6.26. The minimum absolute atomic E-state index is 0.0234. The molecule has 1 aliphatic rings. The van der Waals surface area contributed by atoms with Crippen LogP contribution in [0.2, 0.25) is 0 Å². The van der Waals surface area contributed by atoms with E-state index in [1.54, 1.807) is 29.3 Å². The summed E-state index contributed by atoms with van der Waals surface area (Å²) < 4.78 is 18.7. The second-order valence-corrected chi connectivity index (χ2v) is 8.12. The van der Waals surface area contributed by atoms with E-state index in [1.165, 1.54) is 24.3 Å². The Labute approximate surface area is 198 Å². The molecule has 2 amide bonds. The van der Waals surface area contributed by atoms with Crippen LogP contribution in [0.15, 0.2) is 79.0 Å². The van der Waals surface area contributed by atoms with E-state index >= 15 is 0 Å². The van der Waals surface area contributed by atoms with Crippen molar-refractivity contribution in [3.05, 3.63) is 95.9 Å². The van der Waals surface area contributed by atoms with Gasteiger partial charge < -0.3 is 15.0 Å². The van der Waals surface area contributed by atoms with Crippen LogP contribution in [0.1, 0.15) is 24.0 Å². The van der Waals surface area contributed by atoms with Crippen molar-refractivity contribution in [1.82, 2.24) is 15.2 Å². The predicted molar refractivity (Wildman–Crippen MR) is 127 cm³/mol. The minimum atomic E-state index is -0.337. The van der Waals surface area contributed by atoms with Crippen molar-refractivity contribution >= 4 is 17.9 Å². The summed E-state index contributed by atoms with van der Waals surface area (Å²) in [5, 5.41) is 2.97. The largest absolute Gasteiger partial charge is 0.439 e. The van der Waals surface area contributed by atoms with Crippen LogP contribution in [0.3, 0.4) is 0 Å². The molecule has 0 spiro atoms. The highest BCUT2D eigenvalue weighted by molar-refractivity contribution is 5.92. The second-order valence-electron chi connectivity index (χ2n) is 8.12. The van der Waals surface area contributed by atoms with E-state index in [1.807, 2.05) is 36.4 Å². The van der Waals surface area contributed by atoms with Crippen molar-refractivity contribution in [2.45, 2.75) is 19.4 Å². The standard InChI is InChI=1S/C27H26FN3O3/c28-23-7-9-24(10-8-23)34-25-18-21(12-15-29-25)19-30-27(33)22-13-16-31(17-14-22)26(32)11-6-20-4-2-1-3-5-20/h1-12,15,18,22H,13-14,16-17,19H2,(H,30,33)/b11-6+. The number of ether oxygens (including phenoxy) is 1. The zero-order valence-electron chi connectivity index (χ0n) is 18.7. The minimum Gasteiger partial charge on any atom is -0.439 e. The monoisotopic (exact) mass is 459 g/mol. The van der Waals surface area contributed by atoms with Crippen LogP contribution in [0, 0.1) is 11.7 Å². The van der Waals surface area contributed by atoms with Gasteiger partial charge in [0.2, 0.25) is 17.7 Å². The lowest BCUT2D eigenvalue weighted by Crippen LogP contribution is -2.42. The first-order valence-electron chi connectivity index (χ1n) is 11.2. The van der Waals surface area contributed by atoms with E-state index in [0.717, 1.165) is 11.1 Å². The quantitative estimate of drug-likeness (QED) is 0.525. The third-order valence-electron chi connectivity index (χ3n) is 5.70. The number of halogens is 1. The van der Waals surface area contributed by atoms with Crippen molar-refractivity contribution in [3.8, 4) is 11.6 Å². The maximum atomic E-state index is 13.0. The molecule has 1 aliphatic heterocycles. The van der Waals surface area contributed by atoms with Gasteiger partial charge in [-0.25, -0.2) is 9.37 Å². The fourth-order valence-electron chi connectivity index (χ4n) is 3.77. The molecule has 34 heavy (non-hydrogen) atoms. The van der Waals surface area contributed by atoms with E-state index in [2.05, 4.69) is 10.3 Å². The van der Waals surface area contributed by atoms with Crippen LogP contribution in [0.4, 0.5) is 4.39 Å². The Morgan fingerprint density at radius 2 is 1.79 bits per heavy atom. The van der Waals surface area contributed by atoms with Gasteiger partial charge in [0.1, 0.15) is 11.6 Å². The number of hydrogen-bond donors (Lipinski definition) is 1. The molecule has 0 unspecified atom stereocenters. The van der Waals surface area contributed by atoms with Crippen molar-refractivity contribution in [1.29, 1.82) is 0 Å². The summed E-state index contributed by atoms with van der Waals surface area (Å²) in [6, 6.07) is 18.9. The summed E-state index contributed by atoms with van der Waals surface area (Å²) in [5.74, 6) is 0.330. The number of aromatic nitrogens is 1. The number of carbonyl (C=O) groups is 2. The zero-order valence-corrected chi connectivity index (χ0v) is 18.7. The fourth-order valence-corrected chi connectivity index (χ4v) is 3.77. The van der Waals surface area contributed by atoms with Crippen molar-refractivity contribution < 1.29 is 18.7 Å². The molecule has 0 radical (unpaired) electrons. The Morgan fingerprint density at radius 1 is 1.06 bits per heavy atom. The number of pyridine rings is 1.